The standard InChI is InChI=1S/C17H26N2O/c1-18(2)16-10-6-12-19(14-16)13-7-11-17(20)15-8-4-3-5-9-15/h3-5,8-9,16H,6-7,10-14H2,1-2H3. The normalized spacial score (nSPS) is 20.2. The van der Waals surface area contributed by atoms with E-state index in [2.05, 4.69) is 23.9 Å². The molecule has 1 aliphatic heterocycles. The molecule has 110 valence electrons. The van der Waals surface area contributed by atoms with Crippen LogP contribution in [0.4, 0.5) is 0 Å². The Balaban J connectivity index is 1.72. The average Bonchev–Trinajstić information content (AvgIpc) is 2.48. The lowest BCUT2D eigenvalue weighted by Crippen LogP contribution is -2.45. The fraction of sp³-hybridized carbons (Fsp3) is 0.588. The first kappa shape index (κ1) is 15.2. The van der Waals surface area contributed by atoms with E-state index in [1.165, 1.54) is 19.4 Å². The summed E-state index contributed by atoms with van der Waals surface area (Å²) in [6.07, 6.45) is 4.20. The van der Waals surface area contributed by atoms with E-state index in [0.29, 0.717) is 12.5 Å². The van der Waals surface area contributed by atoms with Gasteiger partial charge in [0.1, 0.15) is 0 Å². The molecule has 0 aromatic heterocycles. The predicted octanol–water partition coefficient (Wildman–Crippen LogP) is 2.68. The minimum absolute atomic E-state index is 0.270. The number of hydrogen-bond donors (Lipinski definition) is 0. The van der Waals surface area contributed by atoms with Crippen LogP contribution in [0.3, 0.4) is 0 Å². The molecule has 0 radical (unpaired) electrons. The SMILES string of the molecule is CN(C)C1CCCN(CCCC(=O)c2ccccc2)C1. The van der Waals surface area contributed by atoms with Gasteiger partial charge in [-0.1, -0.05) is 30.3 Å². The lowest BCUT2D eigenvalue weighted by Gasteiger charge is -2.36. The number of piperidine rings is 1. The maximum Gasteiger partial charge on any atom is 0.162 e. The van der Waals surface area contributed by atoms with Crippen molar-refractivity contribution in [3.05, 3.63) is 35.9 Å². The van der Waals surface area contributed by atoms with Crippen molar-refractivity contribution >= 4 is 5.78 Å². The summed E-state index contributed by atoms with van der Waals surface area (Å²) in [7, 11) is 4.32. The van der Waals surface area contributed by atoms with E-state index in [1.807, 2.05) is 30.3 Å². The van der Waals surface area contributed by atoms with Crippen LogP contribution < -0.4 is 0 Å². The monoisotopic (exact) mass is 274 g/mol. The fourth-order valence-electron chi connectivity index (χ4n) is 2.89. The lowest BCUT2D eigenvalue weighted by molar-refractivity contribution is 0.0962. The Morgan fingerprint density at radius 2 is 2.05 bits per heavy atom. The van der Waals surface area contributed by atoms with Gasteiger partial charge in [0.25, 0.3) is 0 Å². The van der Waals surface area contributed by atoms with Crippen LogP contribution in [0.1, 0.15) is 36.0 Å². The van der Waals surface area contributed by atoms with Crippen molar-refractivity contribution in [1.29, 1.82) is 0 Å². The third-order valence-corrected chi connectivity index (χ3v) is 4.18. The van der Waals surface area contributed by atoms with Gasteiger partial charge in [-0.2, -0.15) is 0 Å². The summed E-state index contributed by atoms with van der Waals surface area (Å²) >= 11 is 0. The molecule has 1 atom stereocenters. The van der Waals surface area contributed by atoms with Gasteiger partial charge in [0.05, 0.1) is 0 Å². The molecule has 0 N–H and O–H groups in total. The van der Waals surface area contributed by atoms with Gasteiger partial charge in [0.2, 0.25) is 0 Å². The molecule has 2 rings (SSSR count). The minimum Gasteiger partial charge on any atom is -0.305 e. The summed E-state index contributed by atoms with van der Waals surface area (Å²) < 4.78 is 0. The predicted molar refractivity (Wildman–Crippen MR) is 83.2 cm³/mol. The van der Waals surface area contributed by atoms with E-state index in [1.54, 1.807) is 0 Å². The maximum absolute atomic E-state index is 12.0. The second-order valence-electron chi connectivity index (χ2n) is 5.95. The smallest absolute Gasteiger partial charge is 0.162 e. The zero-order chi connectivity index (χ0) is 14.4. The first-order valence-electron chi connectivity index (χ1n) is 7.64. The molecule has 3 nitrogen and oxygen atoms in total. The first-order chi connectivity index (χ1) is 9.66. The number of carbonyl (C=O) groups is 1. The Kier molecular flexibility index (Phi) is 5.74. The fourth-order valence-corrected chi connectivity index (χ4v) is 2.89. The number of ketones is 1. The van der Waals surface area contributed by atoms with Crippen LogP contribution in [0.25, 0.3) is 0 Å². The molecular formula is C17H26N2O. The highest BCUT2D eigenvalue weighted by Gasteiger charge is 2.20. The van der Waals surface area contributed by atoms with Crippen molar-refractivity contribution in [3.8, 4) is 0 Å². The quantitative estimate of drug-likeness (QED) is 0.745. The van der Waals surface area contributed by atoms with E-state index in [4.69, 9.17) is 0 Å². The maximum atomic E-state index is 12.0. The van der Waals surface area contributed by atoms with Crippen LogP contribution in [0, 0.1) is 0 Å². The molecule has 1 heterocycles. The third kappa shape index (κ3) is 4.43. The van der Waals surface area contributed by atoms with Crippen molar-refractivity contribution < 1.29 is 4.79 Å². The molecule has 1 aromatic rings. The van der Waals surface area contributed by atoms with Crippen LogP contribution in [0.15, 0.2) is 30.3 Å². The Morgan fingerprint density at radius 1 is 1.30 bits per heavy atom. The Hall–Kier alpha value is -1.19. The molecule has 0 aliphatic carbocycles. The van der Waals surface area contributed by atoms with E-state index in [-0.39, 0.29) is 5.78 Å². The van der Waals surface area contributed by atoms with Gasteiger partial charge in [-0.05, 0) is 46.4 Å². The van der Waals surface area contributed by atoms with Crippen molar-refractivity contribution in [1.82, 2.24) is 9.80 Å². The minimum atomic E-state index is 0.270. The summed E-state index contributed by atoms with van der Waals surface area (Å²) in [4.78, 5) is 16.9. The number of likely N-dealkylation sites (N-methyl/N-ethyl adjacent to an activating group) is 1. The van der Waals surface area contributed by atoms with E-state index >= 15 is 0 Å². The molecule has 0 saturated carbocycles. The van der Waals surface area contributed by atoms with Gasteiger partial charge in [-0.25, -0.2) is 0 Å². The van der Waals surface area contributed by atoms with Crippen LogP contribution in [0.5, 0.6) is 0 Å². The van der Waals surface area contributed by atoms with Gasteiger partial charge in [0, 0.05) is 24.6 Å². The Morgan fingerprint density at radius 3 is 2.75 bits per heavy atom. The molecule has 1 unspecified atom stereocenters. The van der Waals surface area contributed by atoms with Crippen molar-refractivity contribution in [2.24, 2.45) is 0 Å². The van der Waals surface area contributed by atoms with Gasteiger partial charge in [-0.3, -0.25) is 4.79 Å². The number of likely N-dealkylation sites (tertiary alicyclic amines) is 1. The highest BCUT2D eigenvalue weighted by molar-refractivity contribution is 5.95. The second kappa shape index (κ2) is 7.55. The number of carbonyl (C=O) groups excluding carboxylic acids is 1. The molecule has 3 heteroatoms. The lowest BCUT2D eigenvalue weighted by atomic mass is 10.0. The number of benzene rings is 1. The third-order valence-electron chi connectivity index (χ3n) is 4.18. The summed E-state index contributed by atoms with van der Waals surface area (Å²) in [6, 6.07) is 10.3. The summed E-state index contributed by atoms with van der Waals surface area (Å²) in [5.74, 6) is 0.270. The molecule has 1 aliphatic rings. The molecule has 0 spiro atoms. The molecule has 0 bridgehead atoms. The highest BCUT2D eigenvalue weighted by atomic mass is 16.1. The van der Waals surface area contributed by atoms with Gasteiger partial charge < -0.3 is 9.80 Å². The second-order valence-corrected chi connectivity index (χ2v) is 5.95. The molecule has 1 aromatic carbocycles. The average molecular weight is 274 g/mol. The molecule has 1 fully saturated rings. The summed E-state index contributed by atoms with van der Waals surface area (Å²) in [5, 5.41) is 0. The van der Waals surface area contributed by atoms with Gasteiger partial charge in [0.15, 0.2) is 5.78 Å². The number of hydrogen-bond acceptors (Lipinski definition) is 3. The zero-order valence-electron chi connectivity index (χ0n) is 12.7. The zero-order valence-corrected chi connectivity index (χ0v) is 12.7. The van der Waals surface area contributed by atoms with Crippen molar-refractivity contribution in [2.75, 3.05) is 33.7 Å². The van der Waals surface area contributed by atoms with E-state index in [9.17, 15) is 4.79 Å². The summed E-state index contributed by atoms with van der Waals surface area (Å²) in [5.41, 5.74) is 0.845. The van der Waals surface area contributed by atoms with Crippen molar-refractivity contribution in [3.63, 3.8) is 0 Å². The number of Topliss-reactive ketones (excluding diaryl/α,β-unsaturated/α-hetero) is 1. The van der Waals surface area contributed by atoms with Crippen LogP contribution in [0.2, 0.25) is 0 Å². The summed E-state index contributed by atoms with van der Waals surface area (Å²) in [6.45, 7) is 3.37. The molecular weight excluding hydrogens is 248 g/mol. The number of rotatable bonds is 6. The van der Waals surface area contributed by atoms with Gasteiger partial charge >= 0.3 is 0 Å². The topological polar surface area (TPSA) is 23.6 Å². The number of nitrogens with zero attached hydrogens (tertiary/aromatic N) is 2. The molecule has 1 saturated heterocycles. The van der Waals surface area contributed by atoms with E-state index < -0.39 is 0 Å². The van der Waals surface area contributed by atoms with Crippen molar-refractivity contribution in [2.45, 2.75) is 31.7 Å². The molecule has 20 heavy (non-hydrogen) atoms. The van der Waals surface area contributed by atoms with Crippen LogP contribution in [-0.4, -0.2) is 55.4 Å². The largest absolute Gasteiger partial charge is 0.305 e. The Labute approximate surface area is 122 Å². The van der Waals surface area contributed by atoms with Crippen LogP contribution in [-0.2, 0) is 0 Å². The van der Waals surface area contributed by atoms with Crippen LogP contribution >= 0.6 is 0 Å². The molecule has 0 amide bonds. The van der Waals surface area contributed by atoms with Gasteiger partial charge in [-0.15, -0.1) is 0 Å². The first-order valence-corrected chi connectivity index (χ1v) is 7.64. The van der Waals surface area contributed by atoms with E-state index in [0.717, 1.165) is 25.1 Å². The highest BCUT2D eigenvalue weighted by Crippen LogP contribution is 2.14. The Bertz CT molecular complexity index is 416.